The van der Waals surface area contributed by atoms with Crippen molar-refractivity contribution in [2.75, 3.05) is 38.8 Å². The first-order chi connectivity index (χ1) is 11.5. The summed E-state index contributed by atoms with van der Waals surface area (Å²) >= 11 is 0. The molecule has 0 aliphatic heterocycles. The Balaban J connectivity index is 3.03. The van der Waals surface area contributed by atoms with Gasteiger partial charge >= 0.3 is 0 Å². The number of hydrogen-bond donors (Lipinski definition) is 7. The molecule has 0 heterocycles. The highest BCUT2D eigenvalue weighted by Crippen LogP contribution is 2.15. The second-order valence-electron chi connectivity index (χ2n) is 5.12. The summed E-state index contributed by atoms with van der Waals surface area (Å²) in [7, 11) is 1.62. The molecule has 0 fully saturated rings. The normalized spacial score (nSPS) is 10.8. The summed E-state index contributed by atoms with van der Waals surface area (Å²) < 4.78 is 0. The van der Waals surface area contributed by atoms with Crippen molar-refractivity contribution in [2.24, 2.45) is 0 Å². The van der Waals surface area contributed by atoms with Gasteiger partial charge in [-0.1, -0.05) is 0 Å². The standard InChI is InChI=1S/C15H23N3O6/c1-16-11-3-9(14(23)17-12(5-19)6-20)2-10(4-11)15(24)18-13(7-21)8-22/h2-4,12-13,16,19-22H,5-8H2,1H3,(H,17,23)(H,18,24). The summed E-state index contributed by atoms with van der Waals surface area (Å²) in [5, 5.41) is 43.8. The number of rotatable bonds is 9. The van der Waals surface area contributed by atoms with E-state index in [0.717, 1.165) is 0 Å². The van der Waals surface area contributed by atoms with Gasteiger partial charge in [0.15, 0.2) is 0 Å². The lowest BCUT2D eigenvalue weighted by Crippen LogP contribution is -2.41. The maximum Gasteiger partial charge on any atom is 0.251 e. The zero-order chi connectivity index (χ0) is 18.1. The monoisotopic (exact) mass is 341 g/mol. The number of carbonyl (C=O) groups is 2. The van der Waals surface area contributed by atoms with E-state index in [1.165, 1.54) is 18.2 Å². The second-order valence-corrected chi connectivity index (χ2v) is 5.12. The Bertz CT molecular complexity index is 514. The Kier molecular flexibility index (Phi) is 8.13. The number of carbonyl (C=O) groups excluding carboxylic acids is 2. The van der Waals surface area contributed by atoms with E-state index in [0.29, 0.717) is 5.69 Å². The van der Waals surface area contributed by atoms with Gasteiger partial charge in [0.25, 0.3) is 11.8 Å². The minimum Gasteiger partial charge on any atom is -0.394 e. The van der Waals surface area contributed by atoms with E-state index in [-0.39, 0.29) is 11.1 Å². The van der Waals surface area contributed by atoms with E-state index >= 15 is 0 Å². The van der Waals surface area contributed by atoms with Crippen molar-refractivity contribution in [3.05, 3.63) is 29.3 Å². The molecular formula is C15H23N3O6. The Morgan fingerprint density at radius 2 is 1.21 bits per heavy atom. The zero-order valence-electron chi connectivity index (χ0n) is 13.3. The van der Waals surface area contributed by atoms with Crippen LogP contribution in [0.3, 0.4) is 0 Å². The molecule has 0 saturated carbocycles. The molecule has 0 atom stereocenters. The SMILES string of the molecule is CNc1cc(C(=O)NC(CO)CO)cc(C(=O)NC(CO)CO)c1. The van der Waals surface area contributed by atoms with E-state index < -0.39 is 50.3 Å². The van der Waals surface area contributed by atoms with Crippen LogP contribution in [-0.4, -0.2) is 77.8 Å². The minimum absolute atomic E-state index is 0.156. The summed E-state index contributed by atoms with van der Waals surface area (Å²) in [5.41, 5.74) is 0.814. The third-order valence-electron chi connectivity index (χ3n) is 3.30. The third kappa shape index (κ3) is 5.46. The van der Waals surface area contributed by atoms with Crippen LogP contribution in [0.4, 0.5) is 5.69 Å². The Morgan fingerprint density at radius 3 is 1.50 bits per heavy atom. The lowest BCUT2D eigenvalue weighted by atomic mass is 10.1. The van der Waals surface area contributed by atoms with E-state index in [9.17, 15) is 9.59 Å². The number of anilines is 1. The van der Waals surface area contributed by atoms with Crippen LogP contribution in [0.25, 0.3) is 0 Å². The lowest BCUT2D eigenvalue weighted by Gasteiger charge is -2.16. The topological polar surface area (TPSA) is 151 Å². The molecular weight excluding hydrogens is 318 g/mol. The molecule has 2 amide bonds. The number of amides is 2. The van der Waals surface area contributed by atoms with Crippen molar-refractivity contribution in [3.63, 3.8) is 0 Å². The van der Waals surface area contributed by atoms with Gasteiger partial charge in [-0.25, -0.2) is 0 Å². The molecule has 0 unspecified atom stereocenters. The molecule has 24 heavy (non-hydrogen) atoms. The summed E-state index contributed by atoms with van der Waals surface area (Å²) in [4.78, 5) is 24.4. The van der Waals surface area contributed by atoms with E-state index in [1.54, 1.807) is 7.05 Å². The summed E-state index contributed by atoms with van der Waals surface area (Å²) in [6, 6.07) is 2.74. The van der Waals surface area contributed by atoms with Gasteiger partial charge in [0.2, 0.25) is 0 Å². The second kappa shape index (κ2) is 9.83. The van der Waals surface area contributed by atoms with Gasteiger partial charge in [-0.15, -0.1) is 0 Å². The molecule has 0 aliphatic rings. The average Bonchev–Trinajstić information content (AvgIpc) is 2.62. The molecule has 0 spiro atoms. The van der Waals surface area contributed by atoms with Crippen LogP contribution in [0.15, 0.2) is 18.2 Å². The fourth-order valence-electron chi connectivity index (χ4n) is 1.87. The number of nitrogens with one attached hydrogen (secondary N) is 3. The average molecular weight is 341 g/mol. The maximum absolute atomic E-state index is 12.2. The fraction of sp³-hybridized carbons (Fsp3) is 0.467. The Labute approximate surface area is 139 Å². The molecule has 0 aliphatic carbocycles. The van der Waals surface area contributed by atoms with E-state index in [4.69, 9.17) is 20.4 Å². The van der Waals surface area contributed by atoms with Crippen molar-refractivity contribution in [1.82, 2.24) is 10.6 Å². The number of benzene rings is 1. The van der Waals surface area contributed by atoms with Crippen LogP contribution >= 0.6 is 0 Å². The molecule has 0 radical (unpaired) electrons. The Hall–Kier alpha value is -2.20. The van der Waals surface area contributed by atoms with Crippen LogP contribution in [0.2, 0.25) is 0 Å². The maximum atomic E-state index is 12.2. The molecule has 7 N–H and O–H groups in total. The minimum atomic E-state index is -0.804. The van der Waals surface area contributed by atoms with Crippen LogP contribution in [0.1, 0.15) is 20.7 Å². The molecule has 1 aromatic carbocycles. The van der Waals surface area contributed by atoms with Crippen LogP contribution in [0.5, 0.6) is 0 Å². The zero-order valence-corrected chi connectivity index (χ0v) is 13.3. The lowest BCUT2D eigenvalue weighted by molar-refractivity contribution is 0.0877. The highest BCUT2D eigenvalue weighted by Gasteiger charge is 2.17. The van der Waals surface area contributed by atoms with Crippen molar-refractivity contribution in [1.29, 1.82) is 0 Å². The first kappa shape index (κ1) is 19.8. The van der Waals surface area contributed by atoms with Crippen molar-refractivity contribution in [3.8, 4) is 0 Å². The smallest absolute Gasteiger partial charge is 0.251 e. The number of aliphatic hydroxyl groups excluding tert-OH is 4. The predicted molar refractivity (Wildman–Crippen MR) is 86.8 cm³/mol. The Morgan fingerprint density at radius 1 is 0.833 bits per heavy atom. The fourth-order valence-corrected chi connectivity index (χ4v) is 1.87. The van der Waals surface area contributed by atoms with Crippen LogP contribution < -0.4 is 16.0 Å². The summed E-state index contributed by atoms with van der Waals surface area (Å²) in [6.45, 7) is -1.68. The number of aliphatic hydroxyl groups is 4. The molecule has 0 bridgehead atoms. The molecule has 134 valence electrons. The third-order valence-corrected chi connectivity index (χ3v) is 3.30. The van der Waals surface area contributed by atoms with Gasteiger partial charge in [-0.2, -0.15) is 0 Å². The molecule has 0 saturated heterocycles. The first-order valence-electron chi connectivity index (χ1n) is 7.37. The molecule has 9 heteroatoms. The van der Waals surface area contributed by atoms with Gasteiger partial charge in [-0.3, -0.25) is 9.59 Å². The van der Waals surface area contributed by atoms with Gasteiger partial charge in [-0.05, 0) is 18.2 Å². The molecule has 1 aromatic rings. The van der Waals surface area contributed by atoms with Gasteiger partial charge < -0.3 is 36.4 Å². The van der Waals surface area contributed by atoms with Crippen molar-refractivity contribution in [2.45, 2.75) is 12.1 Å². The molecule has 1 rings (SSSR count). The highest BCUT2D eigenvalue weighted by atomic mass is 16.3. The van der Waals surface area contributed by atoms with Crippen molar-refractivity contribution >= 4 is 17.5 Å². The summed E-state index contributed by atoms with van der Waals surface area (Å²) in [6.07, 6.45) is 0. The predicted octanol–water partition coefficient (Wildman–Crippen LogP) is -2.11. The van der Waals surface area contributed by atoms with E-state index in [1.807, 2.05) is 0 Å². The molecule has 0 aromatic heterocycles. The van der Waals surface area contributed by atoms with E-state index in [2.05, 4.69) is 16.0 Å². The van der Waals surface area contributed by atoms with Crippen LogP contribution in [0, 0.1) is 0 Å². The van der Waals surface area contributed by atoms with Gasteiger partial charge in [0.1, 0.15) is 0 Å². The van der Waals surface area contributed by atoms with Gasteiger partial charge in [0.05, 0.1) is 38.5 Å². The van der Waals surface area contributed by atoms with Gasteiger partial charge in [0, 0.05) is 23.9 Å². The van der Waals surface area contributed by atoms with Crippen LogP contribution in [-0.2, 0) is 0 Å². The number of hydrogen-bond acceptors (Lipinski definition) is 7. The molecule has 9 nitrogen and oxygen atoms in total. The largest absolute Gasteiger partial charge is 0.394 e. The van der Waals surface area contributed by atoms with Crippen molar-refractivity contribution < 1.29 is 30.0 Å². The quantitative estimate of drug-likeness (QED) is 0.272. The first-order valence-corrected chi connectivity index (χ1v) is 7.37. The highest BCUT2D eigenvalue weighted by molar-refractivity contribution is 6.01. The summed E-state index contributed by atoms with van der Waals surface area (Å²) in [5.74, 6) is -1.12.